The molecule has 1 aromatic heterocycles. The molecule has 15 heavy (non-hydrogen) atoms. The molecular weight excluding hydrogens is 190 g/mol. The lowest BCUT2D eigenvalue weighted by Crippen LogP contribution is -1.77. The van der Waals surface area contributed by atoms with Crippen molar-refractivity contribution in [3.8, 4) is 0 Å². The van der Waals surface area contributed by atoms with Gasteiger partial charge in [-0.2, -0.15) is 0 Å². The summed E-state index contributed by atoms with van der Waals surface area (Å²) in [6, 6.07) is 9.80. The van der Waals surface area contributed by atoms with E-state index in [4.69, 9.17) is 4.42 Å². The van der Waals surface area contributed by atoms with Crippen LogP contribution < -0.4 is 0 Å². The fourth-order valence-electron chi connectivity index (χ4n) is 1.16. The number of oxazole rings is 1. The minimum absolute atomic E-state index is 0.308. The quantitative estimate of drug-likeness (QED) is 0.713. The van der Waals surface area contributed by atoms with Crippen molar-refractivity contribution in [3.05, 3.63) is 53.7 Å². The number of hydrogen-bond donors (Lipinski definition) is 0. The highest BCUT2D eigenvalue weighted by molar-refractivity contribution is 5.72. The lowest BCUT2D eigenvalue weighted by Gasteiger charge is -1.88. The summed E-state index contributed by atoms with van der Waals surface area (Å²) in [5.41, 5.74) is 1.37. The van der Waals surface area contributed by atoms with Crippen molar-refractivity contribution < 1.29 is 9.21 Å². The van der Waals surface area contributed by atoms with E-state index in [0.717, 1.165) is 5.56 Å². The molecule has 0 fully saturated rings. The Morgan fingerprint density at radius 3 is 2.60 bits per heavy atom. The first kappa shape index (κ1) is 9.40. The molecule has 0 aliphatic rings. The molecule has 74 valence electrons. The highest BCUT2D eigenvalue weighted by Crippen LogP contribution is 2.07. The first-order valence-corrected chi connectivity index (χ1v) is 4.52. The first-order chi connectivity index (χ1) is 7.38. The number of carbonyl (C=O) groups excluding carboxylic acids is 1. The molecule has 0 bridgehead atoms. The second kappa shape index (κ2) is 4.37. The normalized spacial score (nSPS) is 10.7. The van der Waals surface area contributed by atoms with Crippen LogP contribution in [0, 0.1) is 0 Å². The van der Waals surface area contributed by atoms with Crippen LogP contribution in [0.2, 0.25) is 0 Å². The Bertz CT molecular complexity index is 471. The highest BCUT2D eigenvalue weighted by Gasteiger charge is 1.97. The molecule has 0 saturated carbocycles. The average molecular weight is 199 g/mol. The zero-order valence-electron chi connectivity index (χ0n) is 7.96. The highest BCUT2D eigenvalue weighted by atomic mass is 16.3. The summed E-state index contributed by atoms with van der Waals surface area (Å²) in [6.45, 7) is 0. The van der Waals surface area contributed by atoms with Gasteiger partial charge in [0.05, 0.1) is 0 Å². The van der Waals surface area contributed by atoms with Gasteiger partial charge in [0, 0.05) is 6.08 Å². The van der Waals surface area contributed by atoms with Crippen LogP contribution in [0.4, 0.5) is 0 Å². The van der Waals surface area contributed by atoms with Crippen LogP contribution in [0.25, 0.3) is 12.2 Å². The van der Waals surface area contributed by atoms with Gasteiger partial charge in [0.25, 0.3) is 0 Å². The van der Waals surface area contributed by atoms with Crippen LogP contribution in [-0.4, -0.2) is 11.3 Å². The van der Waals surface area contributed by atoms with Crippen LogP contribution in [0.3, 0.4) is 0 Å². The minimum Gasteiger partial charge on any atom is -0.444 e. The van der Waals surface area contributed by atoms with Gasteiger partial charge < -0.3 is 4.42 Å². The smallest absolute Gasteiger partial charge is 0.219 e. The Balaban J connectivity index is 2.15. The molecule has 3 heteroatoms. The maximum absolute atomic E-state index is 10.3. The summed E-state index contributed by atoms with van der Waals surface area (Å²) in [5, 5.41) is 0. The molecule has 2 rings (SSSR count). The van der Waals surface area contributed by atoms with Crippen molar-refractivity contribution in [2.24, 2.45) is 0 Å². The van der Waals surface area contributed by atoms with Gasteiger partial charge in [-0.1, -0.05) is 30.3 Å². The maximum atomic E-state index is 10.3. The molecule has 1 heterocycles. The van der Waals surface area contributed by atoms with Crippen LogP contribution >= 0.6 is 0 Å². The van der Waals surface area contributed by atoms with E-state index in [1.54, 1.807) is 6.08 Å². The van der Waals surface area contributed by atoms with E-state index in [1.165, 1.54) is 6.26 Å². The van der Waals surface area contributed by atoms with Gasteiger partial charge in [0.1, 0.15) is 12.0 Å². The Kier molecular flexibility index (Phi) is 2.74. The maximum Gasteiger partial charge on any atom is 0.219 e. The lowest BCUT2D eigenvalue weighted by molar-refractivity contribution is 0.111. The molecule has 0 radical (unpaired) electrons. The van der Waals surface area contributed by atoms with E-state index in [9.17, 15) is 4.79 Å². The fraction of sp³-hybridized carbons (Fsp3) is 0. The molecule has 1 aromatic carbocycles. The predicted molar refractivity (Wildman–Crippen MR) is 57.3 cm³/mol. The molecule has 0 atom stereocenters. The Labute approximate surface area is 87.1 Å². The van der Waals surface area contributed by atoms with Gasteiger partial charge in [-0.05, 0) is 11.6 Å². The van der Waals surface area contributed by atoms with Crippen LogP contribution in [0.1, 0.15) is 21.9 Å². The van der Waals surface area contributed by atoms with E-state index < -0.39 is 0 Å². The standard InChI is InChI=1S/C12H9NO2/c14-8-11-9-15-12(13-11)7-6-10-4-2-1-3-5-10/h1-9H. The third-order valence-electron chi connectivity index (χ3n) is 1.88. The molecule has 0 amide bonds. The topological polar surface area (TPSA) is 43.1 Å². The summed E-state index contributed by atoms with van der Waals surface area (Å²) >= 11 is 0. The number of benzene rings is 1. The zero-order valence-corrected chi connectivity index (χ0v) is 7.96. The van der Waals surface area contributed by atoms with Gasteiger partial charge in [0.2, 0.25) is 5.89 Å². The molecule has 0 spiro atoms. The predicted octanol–water partition coefficient (Wildman–Crippen LogP) is 2.66. The van der Waals surface area contributed by atoms with Crippen molar-refractivity contribution >= 4 is 18.4 Å². The molecule has 0 unspecified atom stereocenters. The van der Waals surface area contributed by atoms with Gasteiger partial charge in [0.15, 0.2) is 6.29 Å². The second-order valence-electron chi connectivity index (χ2n) is 2.97. The van der Waals surface area contributed by atoms with E-state index in [-0.39, 0.29) is 0 Å². The lowest BCUT2D eigenvalue weighted by atomic mass is 10.2. The summed E-state index contributed by atoms with van der Waals surface area (Å²) in [7, 11) is 0. The van der Waals surface area contributed by atoms with Gasteiger partial charge in [-0.3, -0.25) is 4.79 Å². The SMILES string of the molecule is O=Cc1coc(C=Cc2ccccc2)n1. The number of aromatic nitrogens is 1. The molecule has 0 saturated heterocycles. The molecule has 2 aromatic rings. The largest absolute Gasteiger partial charge is 0.444 e. The number of aldehydes is 1. The molecular formula is C12H9NO2. The number of rotatable bonds is 3. The van der Waals surface area contributed by atoms with Gasteiger partial charge in [-0.25, -0.2) is 4.98 Å². The van der Waals surface area contributed by atoms with E-state index >= 15 is 0 Å². The summed E-state index contributed by atoms with van der Waals surface area (Å²) in [4.78, 5) is 14.3. The number of hydrogen-bond acceptors (Lipinski definition) is 3. The van der Waals surface area contributed by atoms with E-state index in [2.05, 4.69) is 4.98 Å². The average Bonchev–Trinajstić information content (AvgIpc) is 2.76. The van der Waals surface area contributed by atoms with Gasteiger partial charge in [-0.15, -0.1) is 0 Å². The van der Waals surface area contributed by atoms with Crippen molar-refractivity contribution in [1.82, 2.24) is 4.98 Å². The Morgan fingerprint density at radius 2 is 1.93 bits per heavy atom. The van der Waals surface area contributed by atoms with Crippen molar-refractivity contribution in [2.45, 2.75) is 0 Å². The third kappa shape index (κ3) is 2.40. The minimum atomic E-state index is 0.308. The molecule has 3 nitrogen and oxygen atoms in total. The van der Waals surface area contributed by atoms with Crippen molar-refractivity contribution in [3.63, 3.8) is 0 Å². The Morgan fingerprint density at radius 1 is 1.13 bits per heavy atom. The van der Waals surface area contributed by atoms with E-state index in [1.807, 2.05) is 36.4 Å². The van der Waals surface area contributed by atoms with Crippen LogP contribution in [-0.2, 0) is 0 Å². The van der Waals surface area contributed by atoms with E-state index in [0.29, 0.717) is 17.9 Å². The summed E-state index contributed by atoms with van der Waals surface area (Å²) < 4.78 is 5.05. The fourth-order valence-corrected chi connectivity index (χ4v) is 1.16. The second-order valence-corrected chi connectivity index (χ2v) is 2.97. The van der Waals surface area contributed by atoms with Crippen molar-refractivity contribution in [2.75, 3.05) is 0 Å². The Hall–Kier alpha value is -2.16. The summed E-state index contributed by atoms with van der Waals surface area (Å²) in [5.74, 6) is 0.431. The molecule has 0 aliphatic carbocycles. The van der Waals surface area contributed by atoms with Crippen molar-refractivity contribution in [1.29, 1.82) is 0 Å². The summed E-state index contributed by atoms with van der Waals surface area (Å²) in [6.07, 6.45) is 5.59. The molecule has 0 aliphatic heterocycles. The zero-order chi connectivity index (χ0) is 10.5. The monoisotopic (exact) mass is 199 g/mol. The molecule has 0 N–H and O–H groups in total. The van der Waals surface area contributed by atoms with Crippen LogP contribution in [0.15, 0.2) is 41.0 Å². The van der Waals surface area contributed by atoms with Gasteiger partial charge >= 0.3 is 0 Å². The first-order valence-electron chi connectivity index (χ1n) is 4.52. The third-order valence-corrected chi connectivity index (χ3v) is 1.88. The number of nitrogens with zero attached hydrogens (tertiary/aromatic N) is 1. The number of carbonyl (C=O) groups is 1. The van der Waals surface area contributed by atoms with Crippen LogP contribution in [0.5, 0.6) is 0 Å².